The van der Waals surface area contributed by atoms with Crippen LogP contribution in [0.15, 0.2) is 53.6 Å². The van der Waals surface area contributed by atoms with Gasteiger partial charge in [-0.25, -0.2) is 0 Å². The zero-order valence-corrected chi connectivity index (χ0v) is 13.4. The summed E-state index contributed by atoms with van der Waals surface area (Å²) in [7, 11) is 0. The van der Waals surface area contributed by atoms with E-state index in [9.17, 15) is 0 Å². The molecule has 0 heteroatoms. The van der Waals surface area contributed by atoms with Gasteiger partial charge in [0.05, 0.1) is 0 Å². The highest BCUT2D eigenvalue weighted by Gasteiger charge is 2.25. The third kappa shape index (κ3) is 3.12. The van der Waals surface area contributed by atoms with E-state index in [0.29, 0.717) is 17.8 Å². The quantitative estimate of drug-likeness (QED) is 0.634. The summed E-state index contributed by atoms with van der Waals surface area (Å²) in [5.74, 6) is 1.80. The van der Waals surface area contributed by atoms with Crippen LogP contribution in [0.5, 0.6) is 0 Å². The maximum absolute atomic E-state index is 2.37. The standard InChI is InChI=1S/C20H26/c1-14-10-8-11-16(3)20(18(14)5)17(4)13-19-12-7-6-9-15(19)2/h6-14,18,20H,1-5H3. The van der Waals surface area contributed by atoms with Crippen molar-refractivity contribution in [3.8, 4) is 0 Å². The molecule has 0 aliphatic heterocycles. The fraction of sp³-hybridized carbons (Fsp3) is 0.400. The molecule has 0 spiro atoms. The van der Waals surface area contributed by atoms with E-state index in [-0.39, 0.29) is 0 Å². The molecule has 20 heavy (non-hydrogen) atoms. The second-order valence-corrected chi connectivity index (χ2v) is 6.24. The summed E-state index contributed by atoms with van der Waals surface area (Å²) in [5, 5.41) is 0. The smallest absolute Gasteiger partial charge is 0.00390 e. The Morgan fingerprint density at radius 1 is 1.10 bits per heavy atom. The summed E-state index contributed by atoms with van der Waals surface area (Å²) in [5.41, 5.74) is 5.63. The van der Waals surface area contributed by atoms with Crippen LogP contribution in [0.4, 0.5) is 0 Å². The van der Waals surface area contributed by atoms with Crippen LogP contribution < -0.4 is 0 Å². The molecule has 0 bridgehead atoms. The molecule has 0 saturated heterocycles. The fourth-order valence-corrected chi connectivity index (χ4v) is 3.24. The molecule has 0 fully saturated rings. The summed E-state index contributed by atoms with van der Waals surface area (Å²) < 4.78 is 0. The van der Waals surface area contributed by atoms with Crippen LogP contribution in [0, 0.1) is 24.7 Å². The largest absolute Gasteiger partial charge is 0.0814 e. The summed E-state index contributed by atoms with van der Waals surface area (Å²) in [6.45, 7) is 11.4. The van der Waals surface area contributed by atoms with E-state index >= 15 is 0 Å². The Morgan fingerprint density at radius 2 is 1.80 bits per heavy atom. The molecule has 1 aromatic rings. The fourth-order valence-electron chi connectivity index (χ4n) is 3.24. The van der Waals surface area contributed by atoms with Crippen LogP contribution in [-0.2, 0) is 0 Å². The Morgan fingerprint density at radius 3 is 2.50 bits per heavy atom. The molecule has 0 heterocycles. The lowest BCUT2D eigenvalue weighted by Gasteiger charge is -2.28. The van der Waals surface area contributed by atoms with Gasteiger partial charge in [0.1, 0.15) is 0 Å². The lowest BCUT2D eigenvalue weighted by molar-refractivity contribution is 0.378. The monoisotopic (exact) mass is 266 g/mol. The van der Waals surface area contributed by atoms with Gasteiger partial charge in [-0.2, -0.15) is 0 Å². The Bertz CT molecular complexity index is 557. The van der Waals surface area contributed by atoms with Crippen molar-refractivity contribution in [1.29, 1.82) is 0 Å². The van der Waals surface area contributed by atoms with Crippen LogP contribution in [-0.4, -0.2) is 0 Å². The molecule has 3 unspecified atom stereocenters. The molecule has 0 aromatic heterocycles. The van der Waals surface area contributed by atoms with Gasteiger partial charge in [-0.15, -0.1) is 0 Å². The van der Waals surface area contributed by atoms with Crippen molar-refractivity contribution in [2.24, 2.45) is 17.8 Å². The molecule has 3 atom stereocenters. The average Bonchev–Trinajstić information content (AvgIpc) is 2.52. The zero-order chi connectivity index (χ0) is 14.7. The lowest BCUT2D eigenvalue weighted by Crippen LogP contribution is -2.19. The van der Waals surface area contributed by atoms with E-state index in [4.69, 9.17) is 0 Å². The van der Waals surface area contributed by atoms with Gasteiger partial charge in [0.2, 0.25) is 0 Å². The van der Waals surface area contributed by atoms with Gasteiger partial charge >= 0.3 is 0 Å². The molecule has 0 radical (unpaired) electrons. The minimum absolute atomic E-state index is 0.541. The molecule has 0 saturated carbocycles. The van der Waals surface area contributed by atoms with Crippen LogP contribution >= 0.6 is 0 Å². The van der Waals surface area contributed by atoms with Crippen LogP contribution in [0.2, 0.25) is 0 Å². The zero-order valence-electron chi connectivity index (χ0n) is 13.4. The highest BCUT2D eigenvalue weighted by atomic mass is 14.3. The normalized spacial score (nSPS) is 27.1. The van der Waals surface area contributed by atoms with Gasteiger partial charge in [0.25, 0.3) is 0 Å². The van der Waals surface area contributed by atoms with Gasteiger partial charge in [-0.05, 0) is 43.7 Å². The van der Waals surface area contributed by atoms with Gasteiger partial charge < -0.3 is 0 Å². The van der Waals surface area contributed by atoms with Gasteiger partial charge in [0, 0.05) is 5.92 Å². The van der Waals surface area contributed by atoms with E-state index in [1.165, 1.54) is 22.3 Å². The Balaban J connectivity index is 2.36. The summed E-state index contributed by atoms with van der Waals surface area (Å²) in [4.78, 5) is 0. The van der Waals surface area contributed by atoms with E-state index < -0.39 is 0 Å². The first kappa shape index (κ1) is 14.8. The third-order valence-electron chi connectivity index (χ3n) is 4.68. The van der Waals surface area contributed by atoms with E-state index in [1.807, 2.05) is 0 Å². The number of aryl methyl sites for hydroxylation is 1. The van der Waals surface area contributed by atoms with Gasteiger partial charge in [-0.1, -0.05) is 73.6 Å². The number of hydrogen-bond donors (Lipinski definition) is 0. The first-order valence-electron chi connectivity index (χ1n) is 7.59. The Hall–Kier alpha value is -1.56. The van der Waals surface area contributed by atoms with Crippen molar-refractivity contribution in [2.75, 3.05) is 0 Å². The Kier molecular flexibility index (Phi) is 4.65. The molecule has 1 aromatic carbocycles. The van der Waals surface area contributed by atoms with Gasteiger partial charge in [-0.3, -0.25) is 0 Å². The van der Waals surface area contributed by atoms with E-state index in [1.54, 1.807) is 0 Å². The summed E-state index contributed by atoms with van der Waals surface area (Å²) in [6, 6.07) is 8.62. The SMILES string of the molecule is CC1=CC=CC(C)C(C)C1C(C)=Cc1ccccc1C. The molecule has 0 N–H and O–H groups in total. The van der Waals surface area contributed by atoms with Crippen molar-refractivity contribution in [3.05, 3.63) is 64.8 Å². The number of benzene rings is 1. The maximum Gasteiger partial charge on any atom is 0.00390 e. The Labute approximate surface area is 123 Å². The van der Waals surface area contributed by atoms with Crippen molar-refractivity contribution in [2.45, 2.75) is 34.6 Å². The second kappa shape index (κ2) is 6.26. The molecule has 106 valence electrons. The van der Waals surface area contributed by atoms with E-state index in [0.717, 1.165) is 0 Å². The average molecular weight is 266 g/mol. The van der Waals surface area contributed by atoms with Gasteiger partial charge in [0.15, 0.2) is 0 Å². The number of hydrogen-bond acceptors (Lipinski definition) is 0. The highest BCUT2D eigenvalue weighted by Crippen LogP contribution is 2.36. The molecule has 1 aliphatic rings. The predicted molar refractivity (Wildman–Crippen MR) is 89.5 cm³/mol. The molecule has 0 amide bonds. The highest BCUT2D eigenvalue weighted by molar-refractivity contribution is 5.57. The minimum Gasteiger partial charge on any atom is -0.0814 e. The molecule has 2 rings (SSSR count). The lowest BCUT2D eigenvalue weighted by atomic mass is 9.76. The van der Waals surface area contributed by atoms with Crippen LogP contribution in [0.25, 0.3) is 6.08 Å². The number of rotatable bonds is 2. The van der Waals surface area contributed by atoms with E-state index in [2.05, 4.69) is 83.2 Å². The number of allylic oxidation sites excluding steroid dienone is 5. The van der Waals surface area contributed by atoms with Crippen molar-refractivity contribution < 1.29 is 0 Å². The molecule has 0 nitrogen and oxygen atoms in total. The summed E-state index contributed by atoms with van der Waals surface area (Å²) in [6.07, 6.45) is 9.19. The molecular weight excluding hydrogens is 240 g/mol. The first-order valence-corrected chi connectivity index (χ1v) is 7.59. The van der Waals surface area contributed by atoms with Crippen molar-refractivity contribution in [3.63, 3.8) is 0 Å². The summed E-state index contributed by atoms with van der Waals surface area (Å²) >= 11 is 0. The van der Waals surface area contributed by atoms with Crippen LogP contribution in [0.1, 0.15) is 38.8 Å². The maximum atomic E-state index is 2.37. The molecular formula is C20H26. The molecule has 1 aliphatic carbocycles. The van der Waals surface area contributed by atoms with Crippen LogP contribution in [0.3, 0.4) is 0 Å². The minimum atomic E-state index is 0.541. The predicted octanol–water partition coefficient (Wildman–Crippen LogP) is 5.80. The van der Waals surface area contributed by atoms with Crippen molar-refractivity contribution >= 4 is 6.08 Å². The topological polar surface area (TPSA) is 0 Å². The third-order valence-corrected chi connectivity index (χ3v) is 4.68. The van der Waals surface area contributed by atoms with Crippen molar-refractivity contribution in [1.82, 2.24) is 0 Å². The first-order chi connectivity index (χ1) is 9.50. The second-order valence-electron chi connectivity index (χ2n) is 6.24.